The van der Waals surface area contributed by atoms with Gasteiger partial charge in [-0.1, -0.05) is 12.8 Å². The van der Waals surface area contributed by atoms with Gasteiger partial charge in [0.25, 0.3) is 0 Å². The zero-order chi connectivity index (χ0) is 8.86. The smallest absolute Gasteiger partial charge is 0.106 e. The van der Waals surface area contributed by atoms with Gasteiger partial charge in [-0.15, -0.1) is 0 Å². The van der Waals surface area contributed by atoms with Crippen LogP contribution in [-0.2, 0) is 0 Å². The summed E-state index contributed by atoms with van der Waals surface area (Å²) in [5, 5.41) is 20.4. The summed E-state index contributed by atoms with van der Waals surface area (Å²) in [6.07, 6.45) is 4.63. The lowest BCUT2D eigenvalue weighted by Crippen LogP contribution is -2.41. The van der Waals surface area contributed by atoms with E-state index in [1.165, 1.54) is 0 Å². The Morgan fingerprint density at radius 3 is 2.42 bits per heavy atom. The Morgan fingerprint density at radius 2 is 1.92 bits per heavy atom. The van der Waals surface area contributed by atoms with E-state index in [0.29, 0.717) is 13.0 Å². The summed E-state index contributed by atoms with van der Waals surface area (Å²) < 4.78 is 0. The van der Waals surface area contributed by atoms with Crippen LogP contribution >= 0.6 is 0 Å². The van der Waals surface area contributed by atoms with Gasteiger partial charge >= 0.3 is 0 Å². The molecule has 0 aromatic carbocycles. The van der Waals surface area contributed by atoms with Gasteiger partial charge in [-0.05, 0) is 12.8 Å². The first-order valence-electron chi connectivity index (χ1n) is 4.36. The van der Waals surface area contributed by atoms with Crippen molar-refractivity contribution in [3.63, 3.8) is 0 Å². The molecule has 0 bridgehead atoms. The van der Waals surface area contributed by atoms with Crippen LogP contribution in [0.2, 0.25) is 0 Å². The minimum atomic E-state index is -0.309. The van der Waals surface area contributed by atoms with Crippen molar-refractivity contribution in [2.24, 2.45) is 0 Å². The second-order valence-electron chi connectivity index (χ2n) is 3.24. The molecule has 12 heavy (non-hydrogen) atoms. The van der Waals surface area contributed by atoms with E-state index in [9.17, 15) is 0 Å². The monoisotopic (exact) mass is 163 g/mol. The van der Waals surface area contributed by atoms with E-state index in [0.717, 1.165) is 25.7 Å². The van der Waals surface area contributed by atoms with Gasteiger partial charge in [0, 0.05) is 13.0 Å². The molecule has 1 fully saturated rings. The van der Waals surface area contributed by atoms with Crippen LogP contribution in [0.25, 0.3) is 0 Å². The Morgan fingerprint density at radius 1 is 1.25 bits per heavy atom. The molecule has 0 aliphatic heterocycles. The van der Waals surface area contributed by atoms with Crippen molar-refractivity contribution >= 4 is 0 Å². The molecule has 0 amide bonds. The second kappa shape index (κ2) is 4.09. The molecule has 1 aliphatic rings. The first kappa shape index (κ1) is 9.03. The third-order valence-corrected chi connectivity index (χ3v) is 2.37. The number of hydrogen-bond donors (Lipinski definition) is 1. The first-order chi connectivity index (χ1) is 5.83. The maximum absolute atomic E-state index is 8.92. The largest absolute Gasteiger partial charge is 0.298 e. The average molecular weight is 163 g/mol. The van der Waals surface area contributed by atoms with Gasteiger partial charge in [0.1, 0.15) is 5.54 Å². The van der Waals surface area contributed by atoms with E-state index in [2.05, 4.69) is 17.5 Å². The first-order valence-corrected chi connectivity index (χ1v) is 4.36. The minimum Gasteiger partial charge on any atom is -0.298 e. The predicted octanol–water partition coefficient (Wildman–Crippen LogP) is 1.33. The topological polar surface area (TPSA) is 59.6 Å². The van der Waals surface area contributed by atoms with Gasteiger partial charge in [-0.3, -0.25) is 5.32 Å². The van der Waals surface area contributed by atoms with E-state index in [1.54, 1.807) is 0 Å². The summed E-state index contributed by atoms with van der Waals surface area (Å²) in [4.78, 5) is 0. The van der Waals surface area contributed by atoms with Crippen molar-refractivity contribution in [1.29, 1.82) is 10.5 Å². The number of rotatable bonds is 3. The lowest BCUT2D eigenvalue weighted by molar-refractivity contribution is 0.428. The SMILES string of the molecule is N#CCCNC1(C#N)CCCC1. The van der Waals surface area contributed by atoms with Gasteiger partial charge in [-0.2, -0.15) is 10.5 Å². The third kappa shape index (κ3) is 1.96. The number of nitrogens with one attached hydrogen (secondary N) is 1. The van der Waals surface area contributed by atoms with Crippen molar-refractivity contribution in [3.05, 3.63) is 0 Å². The maximum atomic E-state index is 8.92. The number of nitrogens with zero attached hydrogens (tertiary/aromatic N) is 2. The summed E-state index contributed by atoms with van der Waals surface area (Å²) in [7, 11) is 0. The third-order valence-electron chi connectivity index (χ3n) is 2.37. The number of hydrogen-bond acceptors (Lipinski definition) is 3. The fraction of sp³-hybridized carbons (Fsp3) is 0.778. The lowest BCUT2D eigenvalue weighted by Gasteiger charge is -2.20. The molecule has 0 spiro atoms. The van der Waals surface area contributed by atoms with E-state index in [1.807, 2.05) is 0 Å². The highest BCUT2D eigenvalue weighted by Crippen LogP contribution is 2.28. The molecule has 0 heterocycles. The molecule has 0 radical (unpaired) electrons. The number of nitriles is 2. The molecule has 1 N–H and O–H groups in total. The molecule has 1 aliphatic carbocycles. The summed E-state index contributed by atoms with van der Waals surface area (Å²) in [5.41, 5.74) is -0.309. The van der Waals surface area contributed by atoms with Gasteiger partial charge in [0.15, 0.2) is 0 Å². The van der Waals surface area contributed by atoms with Crippen molar-refractivity contribution in [3.8, 4) is 12.1 Å². The van der Waals surface area contributed by atoms with Crippen molar-refractivity contribution in [2.45, 2.75) is 37.6 Å². The highest BCUT2D eigenvalue weighted by molar-refractivity contribution is 5.09. The fourth-order valence-electron chi connectivity index (χ4n) is 1.66. The Labute approximate surface area is 73.0 Å². The van der Waals surface area contributed by atoms with E-state index in [-0.39, 0.29) is 5.54 Å². The van der Waals surface area contributed by atoms with Crippen molar-refractivity contribution < 1.29 is 0 Å². The molecule has 0 unspecified atom stereocenters. The summed E-state index contributed by atoms with van der Waals surface area (Å²) in [6, 6.07) is 4.38. The molecule has 0 aromatic rings. The Kier molecular flexibility index (Phi) is 3.08. The molecule has 3 heteroatoms. The van der Waals surface area contributed by atoms with Gasteiger partial charge in [0.2, 0.25) is 0 Å². The lowest BCUT2D eigenvalue weighted by atomic mass is 10.00. The summed E-state index contributed by atoms with van der Waals surface area (Å²) >= 11 is 0. The van der Waals surface area contributed by atoms with Gasteiger partial charge in [0.05, 0.1) is 12.1 Å². The standard InChI is InChI=1S/C9H13N3/c10-6-3-7-12-9(8-11)4-1-2-5-9/h12H,1-5,7H2. The van der Waals surface area contributed by atoms with E-state index >= 15 is 0 Å². The predicted molar refractivity (Wildman–Crippen MR) is 45.0 cm³/mol. The Bertz CT molecular complexity index is 215. The van der Waals surface area contributed by atoms with Crippen LogP contribution in [0.3, 0.4) is 0 Å². The van der Waals surface area contributed by atoms with Crippen LogP contribution < -0.4 is 5.32 Å². The molecule has 3 nitrogen and oxygen atoms in total. The highest BCUT2D eigenvalue weighted by Gasteiger charge is 2.32. The van der Waals surface area contributed by atoms with Gasteiger partial charge in [-0.25, -0.2) is 0 Å². The van der Waals surface area contributed by atoms with Gasteiger partial charge < -0.3 is 0 Å². The zero-order valence-electron chi connectivity index (χ0n) is 7.14. The molecule has 64 valence electrons. The van der Waals surface area contributed by atoms with Crippen LogP contribution in [-0.4, -0.2) is 12.1 Å². The Balaban J connectivity index is 2.36. The Hall–Kier alpha value is -1.06. The van der Waals surface area contributed by atoms with Crippen molar-refractivity contribution in [2.75, 3.05) is 6.54 Å². The highest BCUT2D eigenvalue weighted by atomic mass is 15.0. The molecular formula is C9H13N3. The molecule has 0 aromatic heterocycles. The fourth-order valence-corrected chi connectivity index (χ4v) is 1.66. The maximum Gasteiger partial charge on any atom is 0.106 e. The normalized spacial score (nSPS) is 19.8. The quantitative estimate of drug-likeness (QED) is 0.638. The van der Waals surface area contributed by atoms with Crippen LogP contribution in [0, 0.1) is 22.7 Å². The van der Waals surface area contributed by atoms with E-state index in [4.69, 9.17) is 10.5 Å². The van der Waals surface area contributed by atoms with Crippen LogP contribution in [0.1, 0.15) is 32.1 Å². The van der Waals surface area contributed by atoms with Crippen LogP contribution in [0.5, 0.6) is 0 Å². The molecule has 1 saturated carbocycles. The molecule has 0 saturated heterocycles. The van der Waals surface area contributed by atoms with Crippen LogP contribution in [0.15, 0.2) is 0 Å². The second-order valence-corrected chi connectivity index (χ2v) is 3.24. The van der Waals surface area contributed by atoms with Crippen molar-refractivity contribution in [1.82, 2.24) is 5.32 Å². The van der Waals surface area contributed by atoms with Crippen LogP contribution in [0.4, 0.5) is 0 Å². The molecule has 0 atom stereocenters. The molecule has 1 rings (SSSR count). The average Bonchev–Trinajstić information content (AvgIpc) is 2.55. The zero-order valence-corrected chi connectivity index (χ0v) is 7.14. The summed E-state index contributed by atoms with van der Waals surface area (Å²) in [5.74, 6) is 0. The minimum absolute atomic E-state index is 0.309. The van der Waals surface area contributed by atoms with E-state index < -0.39 is 0 Å². The molecular weight excluding hydrogens is 150 g/mol. The summed E-state index contributed by atoms with van der Waals surface area (Å²) in [6.45, 7) is 0.643.